The summed E-state index contributed by atoms with van der Waals surface area (Å²) in [5, 5.41) is 2.93. The molecule has 0 saturated heterocycles. The number of carbonyl (C=O) groups excluding carboxylic acids is 1. The molecule has 4 bridgehead atoms. The van der Waals surface area contributed by atoms with Gasteiger partial charge in [-0.15, -0.1) is 0 Å². The van der Waals surface area contributed by atoms with Crippen molar-refractivity contribution >= 4 is 21.8 Å². The first-order valence-corrected chi connectivity index (χ1v) is 9.44. The summed E-state index contributed by atoms with van der Waals surface area (Å²) in [6, 6.07) is 6.65. The molecule has 2 nitrogen and oxygen atoms in total. The van der Waals surface area contributed by atoms with E-state index in [1.165, 1.54) is 38.2 Å². The predicted molar refractivity (Wildman–Crippen MR) is 91.6 cm³/mol. The third-order valence-corrected chi connectivity index (χ3v) is 7.01. The second kappa shape index (κ2) is 5.58. The van der Waals surface area contributed by atoms with Gasteiger partial charge in [-0.2, -0.15) is 0 Å². The Hall–Kier alpha value is -0.900. The molecule has 1 amide bonds. The van der Waals surface area contributed by atoms with Gasteiger partial charge >= 0.3 is 0 Å². The zero-order valence-electron chi connectivity index (χ0n) is 13.3. The van der Waals surface area contributed by atoms with Gasteiger partial charge in [-0.25, -0.2) is 4.39 Å². The molecule has 2 unspecified atom stereocenters. The maximum absolute atomic E-state index is 13.7. The Morgan fingerprint density at radius 1 is 1.22 bits per heavy atom. The molecular weight excluding hydrogens is 357 g/mol. The first kappa shape index (κ1) is 15.6. The number of hydrogen-bond donors (Lipinski definition) is 1. The van der Waals surface area contributed by atoms with Gasteiger partial charge in [-0.3, -0.25) is 4.79 Å². The van der Waals surface area contributed by atoms with Crippen LogP contribution in [0.25, 0.3) is 0 Å². The average molecular weight is 380 g/mol. The SMILES string of the molecule is O=C(CC12C[C@@H]3C[C@@H](CC(Br)(C3)C1)C2)NCc1ccccc1F. The highest BCUT2D eigenvalue weighted by molar-refractivity contribution is 9.10. The molecule has 23 heavy (non-hydrogen) atoms. The summed E-state index contributed by atoms with van der Waals surface area (Å²) < 4.78 is 13.9. The van der Waals surface area contributed by atoms with Crippen LogP contribution in [0, 0.1) is 23.1 Å². The smallest absolute Gasteiger partial charge is 0.220 e. The van der Waals surface area contributed by atoms with Gasteiger partial charge in [-0.05, 0) is 61.8 Å². The third kappa shape index (κ3) is 3.07. The van der Waals surface area contributed by atoms with E-state index in [1.54, 1.807) is 18.2 Å². The van der Waals surface area contributed by atoms with Gasteiger partial charge in [0.05, 0.1) is 0 Å². The van der Waals surface area contributed by atoms with Gasteiger partial charge in [-0.1, -0.05) is 34.1 Å². The fraction of sp³-hybridized carbons (Fsp3) is 0.632. The Labute approximate surface area is 145 Å². The number of amides is 1. The van der Waals surface area contributed by atoms with Crippen molar-refractivity contribution < 1.29 is 9.18 Å². The molecule has 5 rings (SSSR count). The van der Waals surface area contributed by atoms with E-state index in [0.29, 0.717) is 12.0 Å². The Morgan fingerprint density at radius 3 is 2.57 bits per heavy atom. The van der Waals surface area contributed by atoms with Crippen LogP contribution in [-0.2, 0) is 11.3 Å². The predicted octanol–water partition coefficient (Wildman–Crippen LogP) is 4.57. The lowest BCUT2D eigenvalue weighted by atomic mass is 9.48. The van der Waals surface area contributed by atoms with Crippen molar-refractivity contribution in [3.63, 3.8) is 0 Å². The fourth-order valence-electron chi connectivity index (χ4n) is 5.78. The summed E-state index contributed by atoms with van der Waals surface area (Å²) in [6.45, 7) is 0.286. The molecule has 0 aliphatic heterocycles. The van der Waals surface area contributed by atoms with Gasteiger partial charge in [0.1, 0.15) is 5.82 Å². The highest BCUT2D eigenvalue weighted by atomic mass is 79.9. The van der Waals surface area contributed by atoms with Gasteiger partial charge in [0, 0.05) is 22.9 Å². The van der Waals surface area contributed by atoms with Gasteiger partial charge in [0.2, 0.25) is 5.91 Å². The second-order valence-electron chi connectivity index (χ2n) is 8.16. The standard InChI is InChI=1S/C19H23BrFNO/c20-19-8-13-5-14(9-19)7-18(6-13,12-19)10-17(23)22-11-15-3-1-2-4-16(15)21/h1-4,13-14H,5-12H2,(H,22,23)/t13-,14+,18?,19?. The molecule has 4 atom stereocenters. The quantitative estimate of drug-likeness (QED) is 0.762. The first-order chi connectivity index (χ1) is 11.0. The van der Waals surface area contributed by atoms with Crippen LogP contribution in [0.3, 0.4) is 0 Å². The number of halogens is 2. The van der Waals surface area contributed by atoms with E-state index in [9.17, 15) is 9.18 Å². The molecule has 1 aromatic rings. The first-order valence-electron chi connectivity index (χ1n) is 8.64. The highest BCUT2D eigenvalue weighted by Crippen LogP contribution is 2.65. The van der Waals surface area contributed by atoms with Crippen molar-refractivity contribution in [1.29, 1.82) is 0 Å². The van der Waals surface area contributed by atoms with Crippen molar-refractivity contribution in [1.82, 2.24) is 5.32 Å². The normalized spacial score (nSPS) is 37.8. The molecular formula is C19H23BrFNO. The van der Waals surface area contributed by atoms with Crippen LogP contribution in [-0.4, -0.2) is 10.2 Å². The van der Waals surface area contributed by atoms with E-state index in [2.05, 4.69) is 21.2 Å². The van der Waals surface area contributed by atoms with Crippen LogP contribution >= 0.6 is 15.9 Å². The molecule has 4 heteroatoms. The zero-order valence-corrected chi connectivity index (χ0v) is 14.9. The average Bonchev–Trinajstić information content (AvgIpc) is 2.43. The minimum atomic E-state index is -0.248. The van der Waals surface area contributed by atoms with E-state index >= 15 is 0 Å². The minimum Gasteiger partial charge on any atom is -0.352 e. The van der Waals surface area contributed by atoms with E-state index in [4.69, 9.17) is 0 Å². The van der Waals surface area contributed by atoms with Crippen LogP contribution in [0.2, 0.25) is 0 Å². The summed E-state index contributed by atoms with van der Waals surface area (Å²) in [7, 11) is 0. The van der Waals surface area contributed by atoms with E-state index < -0.39 is 0 Å². The Morgan fingerprint density at radius 2 is 1.91 bits per heavy atom. The van der Waals surface area contributed by atoms with Crippen molar-refractivity contribution in [3.05, 3.63) is 35.6 Å². The third-order valence-electron chi connectivity index (χ3n) is 6.08. The lowest BCUT2D eigenvalue weighted by Crippen LogP contribution is -2.54. The lowest BCUT2D eigenvalue weighted by molar-refractivity contribution is -0.128. The Bertz CT molecular complexity index is 618. The number of alkyl halides is 1. The number of rotatable bonds is 4. The summed E-state index contributed by atoms with van der Waals surface area (Å²) in [6.07, 6.45) is 8.03. The summed E-state index contributed by atoms with van der Waals surface area (Å²) in [5.74, 6) is 1.40. The topological polar surface area (TPSA) is 29.1 Å². The fourth-order valence-corrected chi connectivity index (χ4v) is 7.29. The molecule has 0 aromatic heterocycles. The van der Waals surface area contributed by atoms with E-state index in [-0.39, 0.29) is 28.0 Å². The summed E-state index contributed by atoms with van der Waals surface area (Å²) in [5.41, 5.74) is 0.732. The molecule has 4 aliphatic carbocycles. The summed E-state index contributed by atoms with van der Waals surface area (Å²) in [4.78, 5) is 12.5. The largest absolute Gasteiger partial charge is 0.352 e. The second-order valence-corrected chi connectivity index (χ2v) is 9.84. The number of benzene rings is 1. The van der Waals surface area contributed by atoms with Crippen molar-refractivity contribution in [2.45, 2.75) is 55.8 Å². The molecule has 1 aromatic carbocycles. The molecule has 124 valence electrons. The van der Waals surface area contributed by atoms with Crippen LogP contribution in [0.15, 0.2) is 24.3 Å². The Balaban J connectivity index is 1.40. The number of hydrogen-bond acceptors (Lipinski definition) is 1. The van der Waals surface area contributed by atoms with Crippen molar-refractivity contribution in [2.75, 3.05) is 0 Å². The molecule has 0 spiro atoms. The van der Waals surface area contributed by atoms with Crippen molar-refractivity contribution in [3.8, 4) is 0 Å². The highest BCUT2D eigenvalue weighted by Gasteiger charge is 2.57. The van der Waals surface area contributed by atoms with E-state index in [1.807, 2.05) is 0 Å². The van der Waals surface area contributed by atoms with Crippen molar-refractivity contribution in [2.24, 2.45) is 17.3 Å². The van der Waals surface area contributed by atoms with Crippen LogP contribution in [0.5, 0.6) is 0 Å². The van der Waals surface area contributed by atoms with Crippen LogP contribution in [0.4, 0.5) is 4.39 Å². The molecule has 4 aliphatic rings. The monoisotopic (exact) mass is 379 g/mol. The minimum absolute atomic E-state index is 0.0753. The Kier molecular flexibility index (Phi) is 3.79. The lowest BCUT2D eigenvalue weighted by Gasteiger charge is -2.60. The molecule has 0 radical (unpaired) electrons. The maximum Gasteiger partial charge on any atom is 0.220 e. The van der Waals surface area contributed by atoms with E-state index in [0.717, 1.165) is 18.3 Å². The molecule has 4 saturated carbocycles. The molecule has 1 N–H and O–H groups in total. The zero-order chi connectivity index (χ0) is 16.1. The van der Waals surface area contributed by atoms with Crippen LogP contribution in [0.1, 0.15) is 50.5 Å². The summed E-state index contributed by atoms with van der Waals surface area (Å²) >= 11 is 3.99. The van der Waals surface area contributed by atoms with Gasteiger partial charge in [0.25, 0.3) is 0 Å². The van der Waals surface area contributed by atoms with Gasteiger partial charge in [0.15, 0.2) is 0 Å². The maximum atomic E-state index is 13.7. The van der Waals surface area contributed by atoms with Crippen LogP contribution < -0.4 is 5.32 Å². The number of carbonyl (C=O) groups is 1. The van der Waals surface area contributed by atoms with Gasteiger partial charge < -0.3 is 5.32 Å². The molecule has 4 fully saturated rings. The number of nitrogens with one attached hydrogen (secondary N) is 1. The molecule has 0 heterocycles.